The van der Waals surface area contributed by atoms with Crippen LogP contribution in [0.5, 0.6) is 0 Å². The van der Waals surface area contributed by atoms with Crippen molar-refractivity contribution in [2.24, 2.45) is 5.41 Å². The number of carbonyl (C=O) groups excluding carboxylic acids is 3. The average Bonchev–Trinajstić information content (AvgIpc) is 3.21. The number of carbonyl (C=O) groups is 3. The summed E-state index contributed by atoms with van der Waals surface area (Å²) >= 11 is 0. The molecule has 2 aliphatic rings. The van der Waals surface area contributed by atoms with Crippen LogP contribution in [0.25, 0.3) is 22.0 Å². The Hall–Kier alpha value is -3.52. The van der Waals surface area contributed by atoms with Crippen molar-refractivity contribution in [1.29, 1.82) is 0 Å². The molecule has 2 aromatic carbocycles. The molecule has 3 N–H and O–H groups in total. The van der Waals surface area contributed by atoms with Crippen LogP contribution in [0.3, 0.4) is 0 Å². The second-order valence-electron chi connectivity index (χ2n) is 11.9. The van der Waals surface area contributed by atoms with Crippen molar-refractivity contribution in [2.45, 2.75) is 77.4 Å². The van der Waals surface area contributed by atoms with E-state index in [1.807, 2.05) is 25.1 Å². The van der Waals surface area contributed by atoms with Crippen molar-refractivity contribution >= 4 is 34.7 Å². The van der Waals surface area contributed by atoms with Crippen LogP contribution in [-0.4, -0.2) is 47.8 Å². The molecule has 0 unspecified atom stereocenters. The van der Waals surface area contributed by atoms with Gasteiger partial charge in [-0.15, -0.1) is 0 Å². The van der Waals surface area contributed by atoms with Gasteiger partial charge in [0, 0.05) is 46.4 Å². The van der Waals surface area contributed by atoms with Crippen molar-refractivity contribution < 1.29 is 18.8 Å². The zero-order valence-corrected chi connectivity index (χ0v) is 23.1. The van der Waals surface area contributed by atoms with E-state index in [1.54, 1.807) is 17.7 Å². The summed E-state index contributed by atoms with van der Waals surface area (Å²) in [4.78, 5) is 37.4. The number of rotatable bonds is 7. The molecular weight excluding hydrogens is 495 g/mol. The number of nitrogens with one attached hydrogen (secondary N) is 3. The standard InChI is InChI=1S/C31H37FN4O3/c1-18(33-4)30(39)35-23-10-8-22(9-11-23)34-25-13-19(5-6-20(25)17-37)29-24-12-7-21(32)14-26(24)36-27(29)15-31(2,3)16-28(36)38/h5-7,12-14,17-18,22-23,33-34H,8-11,15-16H2,1-4H3,(H,35,39)/t18-,22-,23-/m0/s1. The van der Waals surface area contributed by atoms with Gasteiger partial charge in [0.2, 0.25) is 11.8 Å². The van der Waals surface area contributed by atoms with Gasteiger partial charge in [0.05, 0.1) is 11.6 Å². The van der Waals surface area contributed by atoms with Gasteiger partial charge in [-0.25, -0.2) is 4.39 Å². The summed E-state index contributed by atoms with van der Waals surface area (Å²) in [6.07, 6.45) is 5.39. The summed E-state index contributed by atoms with van der Waals surface area (Å²) in [7, 11) is 1.77. The van der Waals surface area contributed by atoms with Gasteiger partial charge in [0.15, 0.2) is 6.29 Å². The summed E-state index contributed by atoms with van der Waals surface area (Å²) < 4.78 is 16.0. The predicted molar refractivity (Wildman–Crippen MR) is 152 cm³/mol. The van der Waals surface area contributed by atoms with E-state index in [0.29, 0.717) is 23.9 Å². The summed E-state index contributed by atoms with van der Waals surface area (Å²) in [6, 6.07) is 10.4. The average molecular weight is 533 g/mol. The largest absolute Gasteiger partial charge is 0.382 e. The third-order valence-corrected chi connectivity index (χ3v) is 8.28. The second kappa shape index (κ2) is 10.6. The minimum atomic E-state index is -0.377. The van der Waals surface area contributed by atoms with Gasteiger partial charge in [0.1, 0.15) is 5.82 Å². The summed E-state index contributed by atoms with van der Waals surface area (Å²) in [5.74, 6) is -0.397. The second-order valence-corrected chi connectivity index (χ2v) is 11.9. The van der Waals surface area contributed by atoms with Crippen molar-refractivity contribution in [1.82, 2.24) is 15.2 Å². The topological polar surface area (TPSA) is 92.2 Å². The molecule has 1 atom stereocenters. The number of amides is 1. The molecule has 1 amide bonds. The Morgan fingerprint density at radius 1 is 1.08 bits per heavy atom. The third-order valence-electron chi connectivity index (χ3n) is 8.28. The normalized spacial score (nSPS) is 21.3. The van der Waals surface area contributed by atoms with Crippen LogP contribution < -0.4 is 16.0 Å². The fourth-order valence-corrected chi connectivity index (χ4v) is 6.09. The Morgan fingerprint density at radius 2 is 1.79 bits per heavy atom. The molecule has 1 saturated carbocycles. The monoisotopic (exact) mass is 532 g/mol. The Kier molecular flexibility index (Phi) is 7.33. The zero-order chi connectivity index (χ0) is 27.9. The number of nitrogens with zero attached hydrogens (tertiary/aromatic N) is 1. The maximum atomic E-state index is 14.3. The summed E-state index contributed by atoms with van der Waals surface area (Å²) in [5.41, 5.74) is 4.37. The van der Waals surface area contributed by atoms with E-state index in [2.05, 4.69) is 29.8 Å². The van der Waals surface area contributed by atoms with E-state index in [4.69, 9.17) is 0 Å². The lowest BCUT2D eigenvalue weighted by Crippen LogP contribution is -2.47. The number of anilines is 1. The molecule has 8 heteroatoms. The highest BCUT2D eigenvalue weighted by atomic mass is 19.1. The lowest BCUT2D eigenvalue weighted by Gasteiger charge is -2.31. The van der Waals surface area contributed by atoms with Gasteiger partial charge in [0.25, 0.3) is 0 Å². The Morgan fingerprint density at radius 3 is 2.49 bits per heavy atom. The minimum Gasteiger partial charge on any atom is -0.382 e. The number of hydrogen-bond acceptors (Lipinski definition) is 5. The number of benzene rings is 2. The fourth-order valence-electron chi connectivity index (χ4n) is 6.09. The van der Waals surface area contributed by atoms with Crippen LogP contribution >= 0.6 is 0 Å². The minimum absolute atomic E-state index is 0.00881. The summed E-state index contributed by atoms with van der Waals surface area (Å²) in [5, 5.41) is 10.5. The first-order valence-corrected chi connectivity index (χ1v) is 13.8. The van der Waals surface area contributed by atoms with Crippen LogP contribution in [0.4, 0.5) is 10.1 Å². The molecule has 0 radical (unpaired) electrons. The maximum Gasteiger partial charge on any atom is 0.237 e. The van der Waals surface area contributed by atoms with Crippen molar-refractivity contribution in [3.05, 3.63) is 53.5 Å². The van der Waals surface area contributed by atoms with E-state index < -0.39 is 0 Å². The molecule has 206 valence electrons. The first-order chi connectivity index (χ1) is 18.6. The van der Waals surface area contributed by atoms with Gasteiger partial charge < -0.3 is 16.0 Å². The van der Waals surface area contributed by atoms with Gasteiger partial charge in [-0.3, -0.25) is 19.0 Å². The Labute approximate surface area is 228 Å². The van der Waals surface area contributed by atoms with E-state index in [9.17, 15) is 18.8 Å². The van der Waals surface area contributed by atoms with Gasteiger partial charge in [-0.1, -0.05) is 19.9 Å². The highest BCUT2D eigenvalue weighted by molar-refractivity contribution is 6.05. The van der Waals surface area contributed by atoms with Crippen molar-refractivity contribution in [3.63, 3.8) is 0 Å². The highest BCUT2D eigenvalue weighted by Crippen LogP contribution is 2.43. The van der Waals surface area contributed by atoms with Crippen LogP contribution in [0.2, 0.25) is 0 Å². The number of likely N-dealkylation sites (N-methyl/N-ethyl adjacent to an activating group) is 1. The molecule has 39 heavy (non-hydrogen) atoms. The Balaban J connectivity index is 1.45. The van der Waals surface area contributed by atoms with Crippen LogP contribution in [0, 0.1) is 11.2 Å². The zero-order valence-electron chi connectivity index (χ0n) is 23.1. The third kappa shape index (κ3) is 5.35. The number of halogens is 1. The molecule has 7 nitrogen and oxygen atoms in total. The number of fused-ring (bicyclic) bond motifs is 3. The lowest BCUT2D eigenvalue weighted by atomic mass is 9.80. The molecule has 1 aliphatic carbocycles. The van der Waals surface area contributed by atoms with E-state index in [0.717, 1.165) is 59.9 Å². The van der Waals surface area contributed by atoms with Crippen LogP contribution in [-0.2, 0) is 11.2 Å². The molecule has 3 aromatic rings. The fraction of sp³-hybridized carbons (Fsp3) is 0.452. The van der Waals surface area contributed by atoms with E-state index >= 15 is 0 Å². The molecule has 0 bridgehead atoms. The molecular formula is C31H37FN4O3. The van der Waals surface area contributed by atoms with Crippen LogP contribution in [0.1, 0.15) is 73.7 Å². The van der Waals surface area contributed by atoms with Crippen molar-refractivity contribution in [2.75, 3.05) is 12.4 Å². The number of hydrogen-bond donors (Lipinski definition) is 3. The molecule has 0 saturated heterocycles. The number of aldehydes is 1. The molecule has 1 aromatic heterocycles. The predicted octanol–water partition coefficient (Wildman–Crippen LogP) is 5.32. The van der Waals surface area contributed by atoms with E-state index in [1.165, 1.54) is 12.1 Å². The SMILES string of the molecule is CN[C@@H](C)C(=O)N[C@H]1CC[C@H](Nc2cc(-c3c4n(c5cc(F)ccc35)C(=O)CC(C)(C)C4)ccc2C=O)CC1. The molecule has 2 heterocycles. The molecule has 1 aliphatic heterocycles. The van der Waals surface area contributed by atoms with Crippen LogP contribution in [0.15, 0.2) is 36.4 Å². The van der Waals surface area contributed by atoms with Gasteiger partial charge in [-0.2, -0.15) is 0 Å². The lowest BCUT2D eigenvalue weighted by molar-refractivity contribution is -0.123. The molecule has 0 spiro atoms. The Bertz CT molecular complexity index is 1440. The smallest absolute Gasteiger partial charge is 0.237 e. The highest BCUT2D eigenvalue weighted by Gasteiger charge is 2.35. The van der Waals surface area contributed by atoms with Gasteiger partial charge >= 0.3 is 0 Å². The van der Waals surface area contributed by atoms with E-state index in [-0.39, 0.29) is 41.2 Å². The van der Waals surface area contributed by atoms with Crippen molar-refractivity contribution in [3.8, 4) is 11.1 Å². The maximum absolute atomic E-state index is 14.3. The number of aromatic nitrogens is 1. The first kappa shape index (κ1) is 27.1. The molecule has 1 fully saturated rings. The van der Waals surface area contributed by atoms with Gasteiger partial charge in [-0.05, 0) is 87.4 Å². The quantitative estimate of drug-likeness (QED) is 0.358. The first-order valence-electron chi connectivity index (χ1n) is 13.8. The summed E-state index contributed by atoms with van der Waals surface area (Å²) in [6.45, 7) is 6.00. The molecule has 5 rings (SSSR count).